The summed E-state index contributed by atoms with van der Waals surface area (Å²) in [5, 5.41) is 10.2. The highest BCUT2D eigenvalue weighted by Crippen LogP contribution is 2.43. The summed E-state index contributed by atoms with van der Waals surface area (Å²) in [6.07, 6.45) is 3.52. The zero-order chi connectivity index (χ0) is 18.1. The predicted molar refractivity (Wildman–Crippen MR) is 92.1 cm³/mol. The minimum atomic E-state index is -0.659. The second kappa shape index (κ2) is 5.65. The van der Waals surface area contributed by atoms with Crippen molar-refractivity contribution in [1.29, 1.82) is 0 Å². The second-order valence-corrected chi connectivity index (χ2v) is 8.32. The molecular formula is C19H25N3O4. The number of rotatable bonds is 3. The van der Waals surface area contributed by atoms with E-state index in [9.17, 15) is 14.7 Å². The van der Waals surface area contributed by atoms with E-state index in [1.165, 1.54) is 24.2 Å². The lowest BCUT2D eigenvalue weighted by atomic mass is 9.78. The largest absolute Gasteiger partial charge is 0.464 e. The van der Waals surface area contributed by atoms with Gasteiger partial charge >= 0.3 is 0 Å². The number of aliphatic hydroxyl groups excluding tert-OH is 1. The normalized spacial score (nSPS) is 32.0. The summed E-state index contributed by atoms with van der Waals surface area (Å²) in [5.74, 6) is 1.07. The molecule has 0 radical (unpaired) electrons. The lowest BCUT2D eigenvalue weighted by Gasteiger charge is -2.61. The molecule has 2 atom stereocenters. The van der Waals surface area contributed by atoms with E-state index >= 15 is 0 Å². The molecule has 1 spiro atoms. The smallest absolute Gasteiger partial charge is 0.252 e. The Bertz CT molecular complexity index is 750. The molecule has 4 aliphatic rings. The fourth-order valence-electron chi connectivity index (χ4n) is 5.00. The third-order valence-electron chi connectivity index (χ3n) is 6.65. The van der Waals surface area contributed by atoms with Gasteiger partial charge in [0.05, 0.1) is 18.7 Å². The molecule has 2 unspecified atom stereocenters. The van der Waals surface area contributed by atoms with Gasteiger partial charge in [-0.2, -0.15) is 0 Å². The Kier molecular flexibility index (Phi) is 3.58. The SMILES string of the molecule is Cc1ccc(CN2C(=O)C3CC(O)CN3C3(CN(C4CCC4)C3)C2=O)o1. The number of β-amino-alcohol motifs (C(OH)–C–C–N with tert-alkyl or cyclic N) is 1. The highest BCUT2D eigenvalue weighted by Gasteiger charge is 2.65. The van der Waals surface area contributed by atoms with Crippen molar-refractivity contribution in [3.63, 3.8) is 0 Å². The first-order valence-electron chi connectivity index (χ1n) is 9.58. The van der Waals surface area contributed by atoms with E-state index in [4.69, 9.17) is 4.42 Å². The van der Waals surface area contributed by atoms with Gasteiger partial charge < -0.3 is 9.52 Å². The van der Waals surface area contributed by atoms with Crippen molar-refractivity contribution in [2.45, 2.75) is 62.9 Å². The van der Waals surface area contributed by atoms with E-state index in [2.05, 4.69) is 4.90 Å². The third kappa shape index (κ3) is 2.23. The molecule has 140 valence electrons. The number of nitrogens with zero attached hydrogens (tertiary/aromatic N) is 3. The van der Waals surface area contributed by atoms with Crippen LogP contribution in [0.5, 0.6) is 0 Å². The zero-order valence-electron chi connectivity index (χ0n) is 15.1. The van der Waals surface area contributed by atoms with Crippen LogP contribution in [0.4, 0.5) is 0 Å². The Morgan fingerprint density at radius 3 is 2.65 bits per heavy atom. The van der Waals surface area contributed by atoms with Crippen LogP contribution >= 0.6 is 0 Å². The van der Waals surface area contributed by atoms with Crippen LogP contribution in [0.2, 0.25) is 0 Å². The lowest BCUT2D eigenvalue weighted by molar-refractivity contribution is -0.185. The average molecular weight is 359 g/mol. The van der Waals surface area contributed by atoms with Gasteiger partial charge in [-0.3, -0.25) is 24.3 Å². The number of furan rings is 1. The molecule has 3 saturated heterocycles. The van der Waals surface area contributed by atoms with E-state index in [0.717, 1.165) is 5.76 Å². The van der Waals surface area contributed by atoms with Crippen LogP contribution in [0.3, 0.4) is 0 Å². The molecule has 1 aromatic heterocycles. The van der Waals surface area contributed by atoms with Crippen LogP contribution in [-0.4, -0.2) is 75.0 Å². The van der Waals surface area contributed by atoms with E-state index in [0.29, 0.717) is 37.9 Å². The fraction of sp³-hybridized carbons (Fsp3) is 0.684. The number of hydrogen-bond acceptors (Lipinski definition) is 6. The van der Waals surface area contributed by atoms with E-state index in [1.54, 1.807) is 0 Å². The van der Waals surface area contributed by atoms with Gasteiger partial charge in [0, 0.05) is 25.7 Å². The van der Waals surface area contributed by atoms with Crippen LogP contribution in [0, 0.1) is 6.92 Å². The predicted octanol–water partition coefficient (Wildman–Crippen LogP) is 0.499. The number of carbonyl (C=O) groups is 2. The quantitative estimate of drug-likeness (QED) is 0.792. The van der Waals surface area contributed by atoms with E-state index in [-0.39, 0.29) is 18.4 Å². The maximum atomic E-state index is 13.4. The Morgan fingerprint density at radius 2 is 2.04 bits per heavy atom. The Labute approximate surface area is 152 Å². The summed E-state index contributed by atoms with van der Waals surface area (Å²) in [4.78, 5) is 32.1. The second-order valence-electron chi connectivity index (χ2n) is 8.32. The van der Waals surface area contributed by atoms with E-state index in [1.807, 2.05) is 24.0 Å². The number of carbonyl (C=O) groups excluding carboxylic acids is 2. The first-order chi connectivity index (χ1) is 12.5. The van der Waals surface area contributed by atoms with Crippen LogP contribution in [-0.2, 0) is 16.1 Å². The van der Waals surface area contributed by atoms with Crippen molar-refractivity contribution in [2.75, 3.05) is 19.6 Å². The lowest BCUT2D eigenvalue weighted by Crippen LogP contribution is -2.82. The molecule has 0 aromatic carbocycles. The summed E-state index contributed by atoms with van der Waals surface area (Å²) in [6, 6.07) is 3.84. The third-order valence-corrected chi connectivity index (χ3v) is 6.65. The number of imide groups is 1. The van der Waals surface area contributed by atoms with Crippen LogP contribution in [0.1, 0.15) is 37.2 Å². The van der Waals surface area contributed by atoms with Crippen molar-refractivity contribution in [3.8, 4) is 0 Å². The standard InChI is InChI=1S/C19H25N3O4/c1-12-5-6-15(26-12)9-21-17(24)16-7-14(23)8-22(16)19(18(21)25)10-20(11-19)13-3-2-4-13/h5-6,13-14,16,23H,2-4,7-11H2,1H3. The summed E-state index contributed by atoms with van der Waals surface area (Å²) < 4.78 is 5.60. The van der Waals surface area contributed by atoms with Gasteiger partial charge in [-0.1, -0.05) is 6.42 Å². The number of hydrogen-bond donors (Lipinski definition) is 1. The monoisotopic (exact) mass is 359 g/mol. The van der Waals surface area contributed by atoms with Crippen molar-refractivity contribution >= 4 is 11.8 Å². The van der Waals surface area contributed by atoms with Gasteiger partial charge in [0.1, 0.15) is 17.1 Å². The number of likely N-dealkylation sites (tertiary alicyclic amines) is 1. The van der Waals surface area contributed by atoms with Crippen LogP contribution in [0.15, 0.2) is 16.5 Å². The minimum Gasteiger partial charge on any atom is -0.464 e. The molecule has 3 aliphatic heterocycles. The molecule has 1 saturated carbocycles. The molecule has 4 heterocycles. The van der Waals surface area contributed by atoms with Crippen molar-refractivity contribution in [3.05, 3.63) is 23.7 Å². The van der Waals surface area contributed by atoms with Gasteiger partial charge in [0.2, 0.25) is 5.91 Å². The van der Waals surface area contributed by atoms with Gasteiger partial charge in [-0.15, -0.1) is 0 Å². The van der Waals surface area contributed by atoms with E-state index < -0.39 is 17.7 Å². The molecule has 5 rings (SSSR count). The average Bonchev–Trinajstić information content (AvgIpc) is 3.10. The number of piperazine rings is 1. The highest BCUT2D eigenvalue weighted by molar-refractivity contribution is 6.06. The molecule has 7 heteroatoms. The van der Waals surface area contributed by atoms with Gasteiger partial charge in [0.15, 0.2) is 0 Å². The maximum absolute atomic E-state index is 13.4. The zero-order valence-corrected chi connectivity index (χ0v) is 15.1. The Hall–Kier alpha value is -1.70. The van der Waals surface area contributed by atoms with Gasteiger partial charge in [-0.05, 0) is 38.3 Å². The Balaban J connectivity index is 1.43. The maximum Gasteiger partial charge on any atom is 0.252 e. The van der Waals surface area contributed by atoms with Gasteiger partial charge in [-0.25, -0.2) is 0 Å². The first kappa shape index (κ1) is 16.5. The Morgan fingerprint density at radius 1 is 1.27 bits per heavy atom. The van der Waals surface area contributed by atoms with Crippen LogP contribution in [0.25, 0.3) is 0 Å². The fourth-order valence-corrected chi connectivity index (χ4v) is 5.00. The number of aryl methyl sites for hydroxylation is 1. The molecule has 4 fully saturated rings. The first-order valence-corrected chi connectivity index (χ1v) is 9.58. The minimum absolute atomic E-state index is 0.127. The van der Waals surface area contributed by atoms with Crippen molar-refractivity contribution in [1.82, 2.24) is 14.7 Å². The van der Waals surface area contributed by atoms with Gasteiger partial charge in [0.25, 0.3) is 5.91 Å². The number of aliphatic hydroxyl groups is 1. The number of fused-ring (bicyclic) bond motifs is 2. The van der Waals surface area contributed by atoms with Crippen LogP contribution < -0.4 is 0 Å². The molecule has 7 nitrogen and oxygen atoms in total. The molecule has 1 N–H and O–H groups in total. The molecule has 2 amide bonds. The number of amides is 2. The summed E-state index contributed by atoms with van der Waals surface area (Å²) in [5.41, 5.74) is -0.659. The summed E-state index contributed by atoms with van der Waals surface area (Å²) >= 11 is 0. The molecular weight excluding hydrogens is 334 g/mol. The molecule has 26 heavy (non-hydrogen) atoms. The topological polar surface area (TPSA) is 77.2 Å². The van der Waals surface area contributed by atoms with Crippen molar-refractivity contribution < 1.29 is 19.1 Å². The summed E-state index contributed by atoms with van der Waals surface area (Å²) in [6.45, 7) is 3.77. The summed E-state index contributed by atoms with van der Waals surface area (Å²) in [7, 11) is 0. The molecule has 1 aromatic rings. The highest BCUT2D eigenvalue weighted by atomic mass is 16.3. The molecule has 0 bridgehead atoms. The van der Waals surface area contributed by atoms with Crippen molar-refractivity contribution in [2.24, 2.45) is 0 Å². The molecule has 1 aliphatic carbocycles.